The number of benzene rings is 1. The predicted molar refractivity (Wildman–Crippen MR) is 113 cm³/mol. The van der Waals surface area contributed by atoms with Gasteiger partial charge in [-0.15, -0.1) is 0 Å². The topological polar surface area (TPSA) is 89.3 Å². The molecule has 7 heteroatoms. The molecule has 0 bridgehead atoms. The Balaban J connectivity index is 1.56. The van der Waals surface area contributed by atoms with Crippen LogP contribution in [0.2, 0.25) is 0 Å². The van der Waals surface area contributed by atoms with Crippen molar-refractivity contribution in [3.63, 3.8) is 0 Å². The molecule has 2 N–H and O–H groups in total. The SMILES string of the molecule is COc1nc(C(=O)N[C@H]2CCC[C@@H]2O)cc(Cc2ccc(-n3cccn3)cc2)c1C. The zero-order valence-electron chi connectivity index (χ0n) is 17.2. The number of amides is 1. The molecule has 0 radical (unpaired) electrons. The van der Waals surface area contributed by atoms with Crippen molar-refractivity contribution in [1.82, 2.24) is 20.1 Å². The lowest BCUT2D eigenvalue weighted by Gasteiger charge is -2.17. The van der Waals surface area contributed by atoms with Crippen molar-refractivity contribution >= 4 is 5.91 Å². The second kappa shape index (κ2) is 8.67. The fourth-order valence-corrected chi connectivity index (χ4v) is 3.89. The van der Waals surface area contributed by atoms with E-state index >= 15 is 0 Å². The summed E-state index contributed by atoms with van der Waals surface area (Å²) in [5.41, 5.74) is 4.29. The molecule has 2 heterocycles. The van der Waals surface area contributed by atoms with Crippen molar-refractivity contribution in [3.8, 4) is 11.6 Å². The first-order valence-corrected chi connectivity index (χ1v) is 10.2. The number of carbonyl (C=O) groups excluding carboxylic acids is 1. The van der Waals surface area contributed by atoms with Gasteiger partial charge >= 0.3 is 0 Å². The largest absolute Gasteiger partial charge is 0.481 e. The first-order chi connectivity index (χ1) is 14.5. The number of aliphatic hydroxyl groups excluding tert-OH is 1. The number of methoxy groups -OCH3 is 1. The highest BCUT2D eigenvalue weighted by atomic mass is 16.5. The molecule has 1 aromatic carbocycles. The third-order valence-electron chi connectivity index (χ3n) is 5.66. The van der Waals surface area contributed by atoms with Gasteiger partial charge in [0.25, 0.3) is 5.91 Å². The summed E-state index contributed by atoms with van der Waals surface area (Å²) in [6.45, 7) is 1.95. The van der Waals surface area contributed by atoms with Gasteiger partial charge in [-0.25, -0.2) is 9.67 Å². The number of hydrogen-bond donors (Lipinski definition) is 2. The maximum Gasteiger partial charge on any atom is 0.270 e. The van der Waals surface area contributed by atoms with Gasteiger partial charge in [0.05, 0.1) is 24.9 Å². The van der Waals surface area contributed by atoms with Gasteiger partial charge in [0, 0.05) is 18.0 Å². The second-order valence-electron chi connectivity index (χ2n) is 7.67. The molecule has 1 aliphatic rings. The van der Waals surface area contributed by atoms with Crippen LogP contribution in [0.5, 0.6) is 5.88 Å². The molecule has 1 amide bonds. The summed E-state index contributed by atoms with van der Waals surface area (Å²) >= 11 is 0. The van der Waals surface area contributed by atoms with E-state index in [-0.39, 0.29) is 11.9 Å². The minimum absolute atomic E-state index is 0.218. The molecule has 0 saturated heterocycles. The summed E-state index contributed by atoms with van der Waals surface area (Å²) in [6, 6.07) is 11.6. The lowest BCUT2D eigenvalue weighted by atomic mass is 10.0. The molecule has 4 rings (SSSR count). The number of pyridine rings is 1. The van der Waals surface area contributed by atoms with Gasteiger partial charge in [0.2, 0.25) is 5.88 Å². The number of ether oxygens (including phenoxy) is 1. The molecule has 30 heavy (non-hydrogen) atoms. The Bertz CT molecular complexity index is 1020. The normalized spacial score (nSPS) is 18.4. The Morgan fingerprint density at radius 3 is 2.73 bits per heavy atom. The highest BCUT2D eigenvalue weighted by molar-refractivity contribution is 5.93. The van der Waals surface area contributed by atoms with E-state index in [9.17, 15) is 9.90 Å². The summed E-state index contributed by atoms with van der Waals surface area (Å²) in [7, 11) is 1.56. The molecule has 0 aliphatic heterocycles. The van der Waals surface area contributed by atoms with Crippen LogP contribution in [0.25, 0.3) is 5.69 Å². The molecule has 156 valence electrons. The Morgan fingerprint density at radius 1 is 1.30 bits per heavy atom. The lowest BCUT2D eigenvalue weighted by molar-refractivity contribution is 0.0867. The smallest absolute Gasteiger partial charge is 0.270 e. The van der Waals surface area contributed by atoms with Crippen LogP contribution >= 0.6 is 0 Å². The third-order valence-corrected chi connectivity index (χ3v) is 5.66. The number of nitrogens with zero attached hydrogens (tertiary/aromatic N) is 3. The fourth-order valence-electron chi connectivity index (χ4n) is 3.89. The molecular weight excluding hydrogens is 380 g/mol. The first kappa shape index (κ1) is 20.1. The molecule has 1 aliphatic carbocycles. The summed E-state index contributed by atoms with van der Waals surface area (Å²) in [4.78, 5) is 17.1. The van der Waals surface area contributed by atoms with Gasteiger partial charge in [0.15, 0.2) is 0 Å². The summed E-state index contributed by atoms with van der Waals surface area (Å²) in [5, 5.41) is 17.2. The summed E-state index contributed by atoms with van der Waals surface area (Å²) < 4.78 is 7.23. The third kappa shape index (κ3) is 4.21. The van der Waals surface area contributed by atoms with Gasteiger partial charge < -0.3 is 15.2 Å². The first-order valence-electron chi connectivity index (χ1n) is 10.2. The van der Waals surface area contributed by atoms with Crippen molar-refractivity contribution in [3.05, 3.63) is 71.2 Å². The molecule has 1 fully saturated rings. The van der Waals surface area contributed by atoms with Crippen molar-refractivity contribution in [1.29, 1.82) is 0 Å². The maximum atomic E-state index is 12.8. The number of carbonyl (C=O) groups is 1. The summed E-state index contributed by atoms with van der Waals surface area (Å²) in [6.07, 6.45) is 6.22. The average molecular weight is 406 g/mol. The van der Waals surface area contributed by atoms with Gasteiger partial charge in [-0.05, 0) is 68.0 Å². The van der Waals surface area contributed by atoms with E-state index in [1.54, 1.807) is 13.3 Å². The minimum atomic E-state index is -0.492. The van der Waals surface area contributed by atoms with E-state index in [2.05, 4.69) is 27.5 Å². The van der Waals surface area contributed by atoms with Crippen LogP contribution in [-0.2, 0) is 6.42 Å². The molecule has 0 spiro atoms. The molecule has 0 unspecified atom stereocenters. The van der Waals surface area contributed by atoms with Crippen molar-refractivity contribution < 1.29 is 14.6 Å². The van der Waals surface area contributed by atoms with Crippen LogP contribution in [0.15, 0.2) is 48.8 Å². The number of rotatable bonds is 6. The Hall–Kier alpha value is -3.19. The number of aromatic nitrogens is 3. The molecule has 2 aromatic heterocycles. The number of hydrogen-bond acceptors (Lipinski definition) is 5. The van der Waals surface area contributed by atoms with Gasteiger partial charge in [-0.3, -0.25) is 4.79 Å². The summed E-state index contributed by atoms with van der Waals surface area (Å²) in [5.74, 6) is 0.160. The van der Waals surface area contributed by atoms with E-state index in [0.717, 1.165) is 41.6 Å². The highest BCUT2D eigenvalue weighted by Crippen LogP contribution is 2.24. The Labute approximate surface area is 175 Å². The van der Waals surface area contributed by atoms with Gasteiger partial charge in [-0.2, -0.15) is 5.10 Å². The Morgan fingerprint density at radius 2 is 2.10 bits per heavy atom. The zero-order valence-corrected chi connectivity index (χ0v) is 17.2. The zero-order chi connectivity index (χ0) is 21.1. The second-order valence-corrected chi connectivity index (χ2v) is 7.67. The standard InChI is InChI=1S/C23H26N4O3/c1-15-17(13-16-7-9-18(10-8-16)27-12-4-11-24-27)14-20(26-23(15)30-2)22(29)25-19-5-3-6-21(19)28/h4,7-12,14,19,21,28H,3,5-6,13H2,1-2H3,(H,25,29)/t19-,21-/m0/s1. The number of nitrogens with one attached hydrogen (secondary N) is 1. The quantitative estimate of drug-likeness (QED) is 0.657. The molecule has 1 saturated carbocycles. The van der Waals surface area contributed by atoms with Gasteiger partial charge in [-0.1, -0.05) is 12.1 Å². The van der Waals surface area contributed by atoms with Gasteiger partial charge in [0.1, 0.15) is 5.69 Å². The average Bonchev–Trinajstić information content (AvgIpc) is 3.42. The minimum Gasteiger partial charge on any atom is -0.481 e. The van der Waals surface area contributed by atoms with E-state index in [0.29, 0.717) is 18.0 Å². The molecule has 7 nitrogen and oxygen atoms in total. The van der Waals surface area contributed by atoms with Crippen LogP contribution < -0.4 is 10.1 Å². The Kier molecular flexibility index (Phi) is 5.81. The number of aliphatic hydroxyl groups is 1. The predicted octanol–water partition coefficient (Wildman–Crippen LogP) is 2.82. The van der Waals surface area contributed by atoms with E-state index in [1.165, 1.54) is 0 Å². The van der Waals surface area contributed by atoms with Crippen molar-refractivity contribution in [2.24, 2.45) is 0 Å². The van der Waals surface area contributed by atoms with Crippen LogP contribution in [0.1, 0.15) is 46.4 Å². The fraction of sp³-hybridized carbons (Fsp3) is 0.348. The highest BCUT2D eigenvalue weighted by Gasteiger charge is 2.27. The monoisotopic (exact) mass is 406 g/mol. The van der Waals surface area contributed by atoms with Crippen LogP contribution in [0.3, 0.4) is 0 Å². The molecule has 2 atom stereocenters. The molecule has 3 aromatic rings. The van der Waals surface area contributed by atoms with Crippen LogP contribution in [0.4, 0.5) is 0 Å². The van der Waals surface area contributed by atoms with Crippen molar-refractivity contribution in [2.75, 3.05) is 7.11 Å². The van der Waals surface area contributed by atoms with Crippen LogP contribution in [-0.4, -0.2) is 45.0 Å². The van der Waals surface area contributed by atoms with Crippen molar-refractivity contribution in [2.45, 2.75) is 44.8 Å². The molecular formula is C23H26N4O3. The lowest BCUT2D eigenvalue weighted by Crippen LogP contribution is -2.40. The van der Waals surface area contributed by atoms with Crippen LogP contribution in [0, 0.1) is 6.92 Å². The van der Waals surface area contributed by atoms with E-state index in [1.807, 2.05) is 42.1 Å². The van der Waals surface area contributed by atoms with E-state index < -0.39 is 6.10 Å². The maximum absolute atomic E-state index is 12.8. The van der Waals surface area contributed by atoms with E-state index in [4.69, 9.17) is 4.74 Å².